The number of hydrogen-bond donors (Lipinski definition) is 1. The Balaban J connectivity index is 2.23. The Hall–Kier alpha value is -0.570. The molecule has 1 unspecified atom stereocenters. The molecule has 0 saturated carbocycles. The lowest BCUT2D eigenvalue weighted by molar-refractivity contribution is -0.127. The van der Waals surface area contributed by atoms with Crippen LogP contribution in [0.1, 0.15) is 32.6 Å². The fourth-order valence-corrected chi connectivity index (χ4v) is 1.76. The molecule has 13 heavy (non-hydrogen) atoms. The number of amides is 1. The number of likely N-dealkylation sites (tertiary alicyclic amines) is 1. The van der Waals surface area contributed by atoms with Crippen molar-refractivity contribution in [3.8, 4) is 0 Å². The summed E-state index contributed by atoms with van der Waals surface area (Å²) in [7, 11) is 0. The van der Waals surface area contributed by atoms with Gasteiger partial charge in [0, 0.05) is 26.1 Å². The summed E-state index contributed by atoms with van der Waals surface area (Å²) in [6, 6.07) is 0. The summed E-state index contributed by atoms with van der Waals surface area (Å²) >= 11 is 0. The molecule has 0 aromatic heterocycles. The number of carbonyl (C=O) groups is 1. The van der Waals surface area contributed by atoms with Gasteiger partial charge in [-0.3, -0.25) is 4.79 Å². The second-order valence-corrected chi connectivity index (χ2v) is 3.75. The van der Waals surface area contributed by atoms with Crippen LogP contribution in [0, 0.1) is 5.92 Å². The minimum Gasteiger partial charge on any atom is -0.396 e. The van der Waals surface area contributed by atoms with Crippen LogP contribution in [0.5, 0.6) is 0 Å². The van der Waals surface area contributed by atoms with Crippen molar-refractivity contribution in [1.29, 1.82) is 0 Å². The molecule has 1 aliphatic heterocycles. The van der Waals surface area contributed by atoms with E-state index in [9.17, 15) is 4.79 Å². The van der Waals surface area contributed by atoms with Crippen molar-refractivity contribution in [1.82, 2.24) is 4.90 Å². The van der Waals surface area contributed by atoms with E-state index in [1.807, 2.05) is 4.90 Å². The lowest BCUT2D eigenvalue weighted by Gasteiger charge is -2.15. The van der Waals surface area contributed by atoms with Crippen molar-refractivity contribution in [2.45, 2.75) is 32.6 Å². The molecular formula is C10H19NO2. The summed E-state index contributed by atoms with van der Waals surface area (Å²) in [5.74, 6) is 0.867. The van der Waals surface area contributed by atoms with Crippen molar-refractivity contribution in [2.24, 2.45) is 5.92 Å². The van der Waals surface area contributed by atoms with Crippen LogP contribution in [0.25, 0.3) is 0 Å². The van der Waals surface area contributed by atoms with Crippen LogP contribution in [0.15, 0.2) is 0 Å². The first-order valence-corrected chi connectivity index (χ1v) is 5.16. The molecule has 0 aromatic carbocycles. The number of nitrogens with zero attached hydrogens (tertiary/aromatic N) is 1. The third-order valence-corrected chi connectivity index (χ3v) is 2.71. The van der Waals surface area contributed by atoms with Gasteiger partial charge in [0.2, 0.25) is 5.91 Å². The van der Waals surface area contributed by atoms with Crippen molar-refractivity contribution in [2.75, 3.05) is 19.7 Å². The standard InChI is InChI=1S/C10H19NO2/c1-2-9-7-10(13)11(8-9)5-3-4-6-12/h9,12H,2-8H2,1H3. The molecule has 1 atom stereocenters. The minimum absolute atomic E-state index is 0.235. The molecule has 0 aliphatic carbocycles. The van der Waals surface area contributed by atoms with Gasteiger partial charge in [-0.15, -0.1) is 0 Å². The highest BCUT2D eigenvalue weighted by molar-refractivity contribution is 5.78. The van der Waals surface area contributed by atoms with Gasteiger partial charge in [-0.2, -0.15) is 0 Å². The van der Waals surface area contributed by atoms with Crippen LogP contribution in [-0.4, -0.2) is 35.6 Å². The predicted molar refractivity (Wildman–Crippen MR) is 51.3 cm³/mol. The minimum atomic E-state index is 0.235. The van der Waals surface area contributed by atoms with E-state index in [0.29, 0.717) is 11.8 Å². The summed E-state index contributed by atoms with van der Waals surface area (Å²) in [5.41, 5.74) is 0. The first kappa shape index (κ1) is 10.5. The van der Waals surface area contributed by atoms with Crippen molar-refractivity contribution < 1.29 is 9.90 Å². The largest absolute Gasteiger partial charge is 0.396 e. The van der Waals surface area contributed by atoms with E-state index in [4.69, 9.17) is 5.11 Å². The maximum Gasteiger partial charge on any atom is 0.222 e. The van der Waals surface area contributed by atoms with Gasteiger partial charge in [-0.25, -0.2) is 0 Å². The summed E-state index contributed by atoms with van der Waals surface area (Å²) in [4.78, 5) is 13.3. The molecule has 1 fully saturated rings. The van der Waals surface area contributed by atoms with E-state index in [2.05, 4.69) is 6.92 Å². The van der Waals surface area contributed by atoms with Gasteiger partial charge in [0.1, 0.15) is 0 Å². The first-order chi connectivity index (χ1) is 6.27. The Kier molecular flexibility index (Phi) is 4.22. The molecule has 1 amide bonds. The van der Waals surface area contributed by atoms with Crippen LogP contribution in [0.3, 0.4) is 0 Å². The molecule has 1 aliphatic rings. The molecule has 1 N–H and O–H groups in total. The maximum absolute atomic E-state index is 11.4. The topological polar surface area (TPSA) is 40.5 Å². The Labute approximate surface area is 79.7 Å². The van der Waals surface area contributed by atoms with Crippen molar-refractivity contribution in [3.05, 3.63) is 0 Å². The second kappa shape index (κ2) is 5.22. The summed E-state index contributed by atoms with van der Waals surface area (Å²) in [6.07, 6.45) is 3.57. The van der Waals surface area contributed by atoms with Crippen LogP contribution in [0.2, 0.25) is 0 Å². The zero-order chi connectivity index (χ0) is 9.68. The average Bonchev–Trinajstić information content (AvgIpc) is 2.48. The Morgan fingerprint density at radius 1 is 1.54 bits per heavy atom. The molecule has 3 heteroatoms. The van der Waals surface area contributed by atoms with E-state index in [1.165, 1.54) is 0 Å². The number of aliphatic hydroxyl groups is 1. The average molecular weight is 185 g/mol. The number of rotatable bonds is 5. The second-order valence-electron chi connectivity index (χ2n) is 3.75. The molecule has 0 radical (unpaired) electrons. The Morgan fingerprint density at radius 2 is 2.31 bits per heavy atom. The third kappa shape index (κ3) is 2.99. The quantitative estimate of drug-likeness (QED) is 0.650. The third-order valence-electron chi connectivity index (χ3n) is 2.71. The molecular weight excluding hydrogens is 166 g/mol. The van der Waals surface area contributed by atoms with Gasteiger partial charge in [-0.05, 0) is 18.8 Å². The van der Waals surface area contributed by atoms with Gasteiger partial charge < -0.3 is 10.0 Å². The zero-order valence-corrected chi connectivity index (χ0v) is 8.33. The van der Waals surface area contributed by atoms with Crippen LogP contribution >= 0.6 is 0 Å². The number of aliphatic hydroxyl groups excluding tert-OH is 1. The van der Waals surface area contributed by atoms with E-state index < -0.39 is 0 Å². The van der Waals surface area contributed by atoms with Crippen molar-refractivity contribution >= 4 is 5.91 Å². The summed E-state index contributed by atoms with van der Waals surface area (Å²) in [5, 5.41) is 8.60. The highest BCUT2D eigenvalue weighted by Crippen LogP contribution is 2.20. The number of unbranched alkanes of at least 4 members (excludes halogenated alkanes) is 1. The lowest BCUT2D eigenvalue weighted by atomic mass is 10.1. The van der Waals surface area contributed by atoms with Gasteiger partial charge in [0.25, 0.3) is 0 Å². The molecule has 1 saturated heterocycles. The smallest absolute Gasteiger partial charge is 0.222 e. The van der Waals surface area contributed by atoms with Crippen LogP contribution in [0.4, 0.5) is 0 Å². The molecule has 1 rings (SSSR count). The Bertz CT molecular complexity index is 170. The summed E-state index contributed by atoms with van der Waals surface area (Å²) in [6.45, 7) is 4.13. The summed E-state index contributed by atoms with van der Waals surface area (Å²) < 4.78 is 0. The zero-order valence-electron chi connectivity index (χ0n) is 8.33. The van der Waals surface area contributed by atoms with Gasteiger partial charge in [0.15, 0.2) is 0 Å². The number of carbonyl (C=O) groups excluding carboxylic acids is 1. The van der Waals surface area contributed by atoms with Crippen molar-refractivity contribution in [3.63, 3.8) is 0 Å². The highest BCUT2D eigenvalue weighted by atomic mass is 16.2. The lowest BCUT2D eigenvalue weighted by Crippen LogP contribution is -2.26. The van der Waals surface area contributed by atoms with Crippen LogP contribution < -0.4 is 0 Å². The van der Waals surface area contributed by atoms with E-state index in [1.54, 1.807) is 0 Å². The van der Waals surface area contributed by atoms with Crippen LogP contribution in [-0.2, 0) is 4.79 Å². The maximum atomic E-state index is 11.4. The SMILES string of the molecule is CCC1CC(=O)N(CCCCO)C1. The normalized spacial score (nSPS) is 22.8. The molecule has 1 heterocycles. The van der Waals surface area contributed by atoms with E-state index in [-0.39, 0.29) is 6.61 Å². The molecule has 76 valence electrons. The molecule has 0 aromatic rings. The monoisotopic (exact) mass is 185 g/mol. The van der Waals surface area contributed by atoms with Gasteiger partial charge in [-0.1, -0.05) is 13.3 Å². The fraction of sp³-hybridized carbons (Fsp3) is 0.900. The first-order valence-electron chi connectivity index (χ1n) is 5.16. The molecule has 0 spiro atoms. The van der Waals surface area contributed by atoms with Gasteiger partial charge in [0.05, 0.1) is 0 Å². The van der Waals surface area contributed by atoms with E-state index in [0.717, 1.165) is 38.8 Å². The molecule has 3 nitrogen and oxygen atoms in total. The van der Waals surface area contributed by atoms with Gasteiger partial charge >= 0.3 is 0 Å². The highest BCUT2D eigenvalue weighted by Gasteiger charge is 2.27. The van der Waals surface area contributed by atoms with E-state index >= 15 is 0 Å². The number of hydrogen-bond acceptors (Lipinski definition) is 2. The predicted octanol–water partition coefficient (Wildman–Crippen LogP) is 1.02. The fourth-order valence-electron chi connectivity index (χ4n) is 1.76. The molecule has 0 bridgehead atoms. The Morgan fingerprint density at radius 3 is 2.85 bits per heavy atom.